The van der Waals surface area contributed by atoms with Gasteiger partial charge < -0.3 is 4.74 Å². The zero-order valence-corrected chi connectivity index (χ0v) is 7.75. The molecule has 0 saturated carbocycles. The predicted octanol–water partition coefficient (Wildman–Crippen LogP) is 2.82. The molecular formula is C9H6F4N2O. The number of rotatable bonds is 4. The molecule has 1 rings (SSSR count). The number of alkyl halides is 4. The summed E-state index contributed by atoms with van der Waals surface area (Å²) in [5, 5.41) is 10.4. The van der Waals surface area contributed by atoms with Crippen LogP contribution in [-0.2, 0) is 0 Å². The van der Waals surface area contributed by atoms with Crippen LogP contribution in [0.5, 0.6) is 5.75 Å². The highest BCUT2D eigenvalue weighted by molar-refractivity contribution is 5.50. The summed E-state index contributed by atoms with van der Waals surface area (Å²) in [4.78, 5) is 0. The van der Waals surface area contributed by atoms with Crippen LogP contribution in [0.15, 0.2) is 24.3 Å². The molecule has 0 fully saturated rings. The highest BCUT2D eigenvalue weighted by Gasteiger charge is 2.43. The van der Waals surface area contributed by atoms with Gasteiger partial charge in [-0.25, -0.2) is 0 Å². The van der Waals surface area contributed by atoms with E-state index >= 15 is 0 Å². The predicted molar refractivity (Wildman–Crippen MR) is 47.3 cm³/mol. The maximum atomic E-state index is 12.5. The second kappa shape index (κ2) is 4.70. The van der Waals surface area contributed by atoms with Gasteiger partial charge in [0.1, 0.15) is 5.75 Å². The van der Waals surface area contributed by atoms with Gasteiger partial charge in [-0.05, 0) is 12.1 Å². The Morgan fingerprint density at radius 3 is 2.62 bits per heavy atom. The van der Waals surface area contributed by atoms with Crippen molar-refractivity contribution in [1.82, 2.24) is 0 Å². The first-order valence-electron chi connectivity index (χ1n) is 4.06. The number of nitrogens with one attached hydrogen (secondary N) is 1. The maximum absolute atomic E-state index is 12.5. The number of halogens is 4. The van der Waals surface area contributed by atoms with Gasteiger partial charge in [0.15, 0.2) is 6.19 Å². The molecule has 0 atom stereocenters. The van der Waals surface area contributed by atoms with Crippen LogP contribution in [0.3, 0.4) is 0 Å². The molecule has 0 spiro atoms. The van der Waals surface area contributed by atoms with Crippen molar-refractivity contribution in [1.29, 1.82) is 5.26 Å². The van der Waals surface area contributed by atoms with E-state index in [9.17, 15) is 17.6 Å². The van der Waals surface area contributed by atoms with Crippen molar-refractivity contribution >= 4 is 5.69 Å². The summed E-state index contributed by atoms with van der Waals surface area (Å²) in [6.07, 6.45) is -6.91. The van der Waals surface area contributed by atoms with Crippen molar-refractivity contribution in [3.8, 4) is 11.9 Å². The van der Waals surface area contributed by atoms with Gasteiger partial charge in [-0.15, -0.1) is 0 Å². The first-order valence-corrected chi connectivity index (χ1v) is 4.06. The molecule has 0 aliphatic carbocycles. The molecule has 0 aliphatic heterocycles. The first-order chi connectivity index (χ1) is 7.45. The molecule has 1 aromatic rings. The molecule has 0 heterocycles. The molecule has 0 saturated heterocycles. The minimum Gasteiger partial charge on any atom is -0.428 e. The lowest BCUT2D eigenvalue weighted by atomic mass is 10.3. The van der Waals surface area contributed by atoms with Crippen molar-refractivity contribution in [3.05, 3.63) is 24.3 Å². The van der Waals surface area contributed by atoms with Crippen LogP contribution in [0.2, 0.25) is 0 Å². The van der Waals surface area contributed by atoms with Crippen LogP contribution in [0, 0.1) is 11.5 Å². The quantitative estimate of drug-likeness (QED) is 0.495. The molecule has 0 unspecified atom stereocenters. The van der Waals surface area contributed by atoms with Crippen molar-refractivity contribution < 1.29 is 22.3 Å². The van der Waals surface area contributed by atoms with Gasteiger partial charge in [-0.2, -0.15) is 22.8 Å². The Morgan fingerprint density at radius 2 is 2.06 bits per heavy atom. The fourth-order valence-electron chi connectivity index (χ4n) is 0.904. The van der Waals surface area contributed by atoms with E-state index in [4.69, 9.17) is 5.26 Å². The van der Waals surface area contributed by atoms with E-state index in [1.165, 1.54) is 12.1 Å². The van der Waals surface area contributed by atoms with Crippen molar-refractivity contribution in [2.24, 2.45) is 0 Å². The third kappa shape index (κ3) is 3.02. The van der Waals surface area contributed by atoms with E-state index in [1.807, 2.05) is 0 Å². The summed E-state index contributed by atoms with van der Waals surface area (Å²) in [5.41, 5.74) is 0.171. The largest absolute Gasteiger partial charge is 0.461 e. The summed E-state index contributed by atoms with van der Waals surface area (Å²) in [6, 6.07) is 4.78. The molecule has 1 N–H and O–H groups in total. The van der Waals surface area contributed by atoms with E-state index in [2.05, 4.69) is 10.1 Å². The smallest absolute Gasteiger partial charge is 0.428 e. The van der Waals surface area contributed by atoms with Gasteiger partial charge in [0.2, 0.25) is 0 Å². The van der Waals surface area contributed by atoms with E-state index in [1.54, 1.807) is 6.19 Å². The lowest BCUT2D eigenvalue weighted by molar-refractivity contribution is -0.253. The van der Waals surface area contributed by atoms with Gasteiger partial charge in [-0.1, -0.05) is 6.07 Å². The van der Waals surface area contributed by atoms with E-state index in [-0.39, 0.29) is 5.69 Å². The average Bonchev–Trinajstić information content (AvgIpc) is 2.17. The Hall–Kier alpha value is -1.97. The average molecular weight is 234 g/mol. The highest BCUT2D eigenvalue weighted by atomic mass is 19.3. The fourth-order valence-corrected chi connectivity index (χ4v) is 0.904. The second-order valence-corrected chi connectivity index (χ2v) is 2.73. The number of benzene rings is 1. The first kappa shape index (κ1) is 12.1. The van der Waals surface area contributed by atoms with Gasteiger partial charge in [0.05, 0.1) is 5.69 Å². The molecule has 0 aliphatic rings. The molecular weight excluding hydrogens is 228 g/mol. The third-order valence-electron chi connectivity index (χ3n) is 1.54. The van der Waals surface area contributed by atoms with E-state index in [0.717, 1.165) is 12.1 Å². The van der Waals surface area contributed by atoms with Gasteiger partial charge >= 0.3 is 12.5 Å². The number of nitrogens with zero attached hydrogens (tertiary/aromatic N) is 1. The number of hydrogen-bond acceptors (Lipinski definition) is 3. The topological polar surface area (TPSA) is 45.0 Å². The Balaban J connectivity index is 2.82. The molecule has 86 valence electrons. The SMILES string of the molecule is N#CNc1cccc(OC(F)(F)C(F)F)c1. The molecule has 7 heteroatoms. The van der Waals surface area contributed by atoms with E-state index < -0.39 is 18.3 Å². The zero-order chi connectivity index (χ0) is 12.2. The van der Waals surface area contributed by atoms with Crippen LogP contribution < -0.4 is 10.1 Å². The lowest BCUT2D eigenvalue weighted by Crippen LogP contribution is -2.33. The number of nitriles is 1. The number of hydrogen-bond donors (Lipinski definition) is 1. The maximum Gasteiger partial charge on any atom is 0.461 e. The van der Waals surface area contributed by atoms with Crippen molar-refractivity contribution in [2.75, 3.05) is 5.32 Å². The van der Waals surface area contributed by atoms with Crippen LogP contribution in [0.4, 0.5) is 23.2 Å². The van der Waals surface area contributed by atoms with Gasteiger partial charge in [-0.3, -0.25) is 5.32 Å². The minimum absolute atomic E-state index is 0.171. The molecule has 0 radical (unpaired) electrons. The Labute approximate surface area is 88.2 Å². The molecule has 1 aromatic carbocycles. The summed E-state index contributed by atoms with van der Waals surface area (Å²) < 4.78 is 52.4. The minimum atomic E-state index is -4.55. The molecule has 16 heavy (non-hydrogen) atoms. The second-order valence-electron chi connectivity index (χ2n) is 2.73. The fraction of sp³-hybridized carbons (Fsp3) is 0.222. The monoisotopic (exact) mass is 234 g/mol. The van der Waals surface area contributed by atoms with E-state index in [0.29, 0.717) is 0 Å². The molecule has 3 nitrogen and oxygen atoms in total. The number of ether oxygens (including phenoxy) is 1. The summed E-state index contributed by atoms with van der Waals surface area (Å²) >= 11 is 0. The van der Waals surface area contributed by atoms with Crippen LogP contribution in [-0.4, -0.2) is 12.5 Å². The summed E-state index contributed by atoms with van der Waals surface area (Å²) in [5.74, 6) is -0.453. The van der Waals surface area contributed by atoms with Crippen LogP contribution in [0.1, 0.15) is 0 Å². The normalized spacial score (nSPS) is 11.0. The standard InChI is InChI=1S/C9H6F4N2O/c10-8(11)9(12,13)16-7-3-1-2-6(4-7)15-5-14/h1-4,8,15H. The third-order valence-corrected chi connectivity index (χ3v) is 1.54. The summed E-state index contributed by atoms with van der Waals surface area (Å²) in [6.45, 7) is 0. The van der Waals surface area contributed by atoms with Gasteiger partial charge in [0, 0.05) is 6.07 Å². The van der Waals surface area contributed by atoms with Gasteiger partial charge in [0.25, 0.3) is 0 Å². The zero-order valence-electron chi connectivity index (χ0n) is 7.75. The van der Waals surface area contributed by atoms with Crippen molar-refractivity contribution in [2.45, 2.75) is 12.5 Å². The van der Waals surface area contributed by atoms with Crippen molar-refractivity contribution in [3.63, 3.8) is 0 Å². The number of anilines is 1. The Bertz CT molecular complexity index is 403. The van der Waals surface area contributed by atoms with Crippen LogP contribution >= 0.6 is 0 Å². The Morgan fingerprint density at radius 1 is 1.38 bits per heavy atom. The lowest BCUT2D eigenvalue weighted by Gasteiger charge is -2.16. The summed E-state index contributed by atoms with van der Waals surface area (Å²) in [7, 11) is 0. The van der Waals surface area contributed by atoms with Crippen LogP contribution in [0.25, 0.3) is 0 Å². The molecule has 0 bridgehead atoms. The Kier molecular flexibility index (Phi) is 3.55. The highest BCUT2D eigenvalue weighted by Crippen LogP contribution is 2.28. The molecule has 0 aromatic heterocycles. The molecule has 0 amide bonds.